The maximum atomic E-state index is 11.6. The van der Waals surface area contributed by atoms with E-state index < -0.39 is 12.0 Å². The molecular weight excluding hydrogens is 250 g/mol. The van der Waals surface area contributed by atoms with Crippen LogP contribution in [0.5, 0.6) is 0 Å². The molecule has 0 aromatic carbocycles. The maximum Gasteiger partial charge on any atom is 0.329 e. The van der Waals surface area contributed by atoms with E-state index in [1.165, 1.54) is 14.0 Å². The summed E-state index contributed by atoms with van der Waals surface area (Å²) in [6, 6.07) is -0.661. The third-order valence-corrected chi connectivity index (χ3v) is 3.12. The Hall–Kier alpha value is -1.63. The van der Waals surface area contributed by atoms with Crippen molar-refractivity contribution in [3.8, 4) is 0 Å². The van der Waals surface area contributed by atoms with Crippen molar-refractivity contribution in [3.63, 3.8) is 0 Å². The number of esters is 1. The Morgan fingerprint density at radius 1 is 1.16 bits per heavy atom. The quantitative estimate of drug-likeness (QED) is 0.652. The SMILES string of the molecule is COC(=O)C(CN1CCN(C(C)=O)CC1)NC(C)=O. The number of methoxy groups -OCH3 is 1. The lowest BCUT2D eigenvalue weighted by Gasteiger charge is -2.35. The van der Waals surface area contributed by atoms with Crippen molar-refractivity contribution in [2.75, 3.05) is 39.8 Å². The second-order valence-corrected chi connectivity index (χ2v) is 4.58. The molecular formula is C12H21N3O4. The highest BCUT2D eigenvalue weighted by molar-refractivity contribution is 5.83. The molecule has 2 amide bonds. The molecule has 1 N–H and O–H groups in total. The first kappa shape index (κ1) is 15.4. The summed E-state index contributed by atoms with van der Waals surface area (Å²) in [6.07, 6.45) is 0. The fourth-order valence-electron chi connectivity index (χ4n) is 2.07. The molecule has 7 nitrogen and oxygen atoms in total. The monoisotopic (exact) mass is 271 g/mol. The van der Waals surface area contributed by atoms with E-state index in [-0.39, 0.29) is 11.8 Å². The Morgan fingerprint density at radius 3 is 2.16 bits per heavy atom. The van der Waals surface area contributed by atoms with E-state index >= 15 is 0 Å². The van der Waals surface area contributed by atoms with Crippen molar-refractivity contribution in [1.29, 1.82) is 0 Å². The molecule has 108 valence electrons. The summed E-state index contributed by atoms with van der Waals surface area (Å²) in [5.74, 6) is -0.659. The standard InChI is InChI=1S/C12H21N3O4/c1-9(16)13-11(12(18)19-3)8-14-4-6-15(7-5-14)10(2)17/h11H,4-8H2,1-3H3,(H,13,16). The van der Waals surface area contributed by atoms with E-state index in [0.717, 1.165) is 0 Å². The van der Waals surface area contributed by atoms with Gasteiger partial charge in [0.05, 0.1) is 7.11 Å². The zero-order valence-corrected chi connectivity index (χ0v) is 11.6. The van der Waals surface area contributed by atoms with Crippen molar-refractivity contribution in [2.45, 2.75) is 19.9 Å². The van der Waals surface area contributed by atoms with Crippen LogP contribution in [0.3, 0.4) is 0 Å². The molecule has 0 aromatic rings. The van der Waals surface area contributed by atoms with Crippen molar-refractivity contribution >= 4 is 17.8 Å². The fourth-order valence-corrected chi connectivity index (χ4v) is 2.07. The topological polar surface area (TPSA) is 79.0 Å². The number of rotatable bonds is 4. The van der Waals surface area contributed by atoms with E-state index in [1.807, 2.05) is 4.90 Å². The Balaban J connectivity index is 2.49. The van der Waals surface area contributed by atoms with Crippen LogP contribution >= 0.6 is 0 Å². The molecule has 1 aliphatic rings. The van der Waals surface area contributed by atoms with Gasteiger partial charge in [0.15, 0.2) is 0 Å². The number of nitrogens with zero attached hydrogens (tertiary/aromatic N) is 2. The van der Waals surface area contributed by atoms with E-state index in [1.54, 1.807) is 11.8 Å². The lowest BCUT2D eigenvalue weighted by atomic mass is 10.2. The summed E-state index contributed by atoms with van der Waals surface area (Å²) in [7, 11) is 1.30. The third kappa shape index (κ3) is 4.86. The van der Waals surface area contributed by atoms with E-state index in [9.17, 15) is 14.4 Å². The summed E-state index contributed by atoms with van der Waals surface area (Å²) in [6.45, 7) is 5.97. The molecule has 0 saturated carbocycles. The largest absolute Gasteiger partial charge is 0.467 e. The van der Waals surface area contributed by atoms with Crippen molar-refractivity contribution in [1.82, 2.24) is 15.1 Å². The molecule has 0 bridgehead atoms. The van der Waals surface area contributed by atoms with Gasteiger partial charge in [-0.2, -0.15) is 0 Å². The summed E-state index contributed by atoms with van der Waals surface area (Å²) >= 11 is 0. The minimum atomic E-state index is -0.661. The van der Waals surface area contributed by atoms with Crippen LogP contribution in [0.1, 0.15) is 13.8 Å². The van der Waals surface area contributed by atoms with Crippen LogP contribution in [0.4, 0.5) is 0 Å². The molecule has 0 aromatic heterocycles. The van der Waals surface area contributed by atoms with Gasteiger partial charge in [-0.15, -0.1) is 0 Å². The Bertz CT molecular complexity index is 351. The average Bonchev–Trinajstić information content (AvgIpc) is 2.37. The van der Waals surface area contributed by atoms with Crippen LogP contribution in [-0.4, -0.2) is 73.5 Å². The van der Waals surface area contributed by atoms with Gasteiger partial charge in [-0.3, -0.25) is 14.5 Å². The van der Waals surface area contributed by atoms with Gasteiger partial charge in [-0.05, 0) is 0 Å². The number of ether oxygens (including phenoxy) is 1. The zero-order valence-electron chi connectivity index (χ0n) is 11.6. The first-order valence-corrected chi connectivity index (χ1v) is 6.27. The summed E-state index contributed by atoms with van der Waals surface area (Å²) in [5.41, 5.74) is 0. The van der Waals surface area contributed by atoms with Gasteiger partial charge < -0.3 is 15.0 Å². The molecule has 1 fully saturated rings. The van der Waals surface area contributed by atoms with Gasteiger partial charge in [0.25, 0.3) is 0 Å². The van der Waals surface area contributed by atoms with Gasteiger partial charge in [-0.1, -0.05) is 0 Å². The van der Waals surface area contributed by atoms with E-state index in [2.05, 4.69) is 10.1 Å². The first-order chi connectivity index (χ1) is 8.93. The maximum absolute atomic E-state index is 11.6. The Kier molecular flexibility index (Phi) is 5.75. The zero-order chi connectivity index (χ0) is 14.4. The minimum Gasteiger partial charge on any atom is -0.467 e. The van der Waals surface area contributed by atoms with Gasteiger partial charge >= 0.3 is 5.97 Å². The minimum absolute atomic E-state index is 0.0611. The molecule has 0 aliphatic carbocycles. The normalized spacial score (nSPS) is 17.7. The van der Waals surface area contributed by atoms with E-state index in [4.69, 9.17) is 0 Å². The van der Waals surface area contributed by atoms with Gasteiger partial charge in [0.2, 0.25) is 11.8 Å². The molecule has 7 heteroatoms. The average molecular weight is 271 g/mol. The second-order valence-electron chi connectivity index (χ2n) is 4.58. The number of nitrogens with one attached hydrogen (secondary N) is 1. The number of hydrogen-bond acceptors (Lipinski definition) is 5. The van der Waals surface area contributed by atoms with E-state index in [0.29, 0.717) is 32.7 Å². The van der Waals surface area contributed by atoms with Crippen LogP contribution in [0.2, 0.25) is 0 Å². The van der Waals surface area contributed by atoms with Gasteiger partial charge in [0, 0.05) is 46.6 Å². The summed E-state index contributed by atoms with van der Waals surface area (Å²) in [5, 5.41) is 2.58. The lowest BCUT2D eigenvalue weighted by molar-refractivity contribution is -0.145. The molecule has 1 heterocycles. The van der Waals surface area contributed by atoms with Gasteiger partial charge in [0.1, 0.15) is 6.04 Å². The lowest BCUT2D eigenvalue weighted by Crippen LogP contribution is -2.54. The third-order valence-electron chi connectivity index (χ3n) is 3.12. The van der Waals surface area contributed by atoms with Crippen molar-refractivity contribution in [2.24, 2.45) is 0 Å². The molecule has 19 heavy (non-hydrogen) atoms. The summed E-state index contributed by atoms with van der Waals surface area (Å²) < 4.78 is 4.67. The molecule has 0 spiro atoms. The highest BCUT2D eigenvalue weighted by Crippen LogP contribution is 2.04. The molecule has 0 radical (unpaired) electrons. The number of hydrogen-bond donors (Lipinski definition) is 1. The number of carbonyl (C=O) groups excluding carboxylic acids is 3. The predicted molar refractivity (Wildman–Crippen MR) is 68.3 cm³/mol. The van der Waals surface area contributed by atoms with Crippen LogP contribution in [-0.2, 0) is 19.1 Å². The van der Waals surface area contributed by atoms with Gasteiger partial charge in [-0.25, -0.2) is 4.79 Å². The summed E-state index contributed by atoms with van der Waals surface area (Å²) in [4.78, 5) is 37.6. The Morgan fingerprint density at radius 2 is 1.74 bits per heavy atom. The van der Waals surface area contributed by atoms with Crippen molar-refractivity contribution in [3.05, 3.63) is 0 Å². The highest BCUT2D eigenvalue weighted by Gasteiger charge is 2.26. The number of piperazine rings is 1. The second kappa shape index (κ2) is 7.08. The van der Waals surface area contributed by atoms with Crippen LogP contribution in [0.15, 0.2) is 0 Å². The molecule has 1 atom stereocenters. The van der Waals surface area contributed by atoms with Crippen molar-refractivity contribution < 1.29 is 19.1 Å². The fraction of sp³-hybridized carbons (Fsp3) is 0.750. The molecule has 1 saturated heterocycles. The highest BCUT2D eigenvalue weighted by atomic mass is 16.5. The molecule has 1 rings (SSSR count). The first-order valence-electron chi connectivity index (χ1n) is 6.27. The van der Waals surface area contributed by atoms with Crippen LogP contribution in [0, 0.1) is 0 Å². The molecule has 1 aliphatic heterocycles. The van der Waals surface area contributed by atoms with Crippen LogP contribution < -0.4 is 5.32 Å². The molecule has 1 unspecified atom stereocenters. The Labute approximate surface area is 112 Å². The number of carbonyl (C=O) groups is 3. The predicted octanol–water partition coefficient (Wildman–Crippen LogP) is -1.17. The number of amides is 2. The van der Waals surface area contributed by atoms with Crippen LogP contribution in [0.25, 0.3) is 0 Å². The smallest absolute Gasteiger partial charge is 0.329 e.